The molecular formula is C8H10BrNO2. The normalized spacial score (nSPS) is 13.3. The maximum absolute atomic E-state index is 9.08. The highest BCUT2D eigenvalue weighted by molar-refractivity contribution is 8.93. The van der Waals surface area contributed by atoms with E-state index in [1.54, 1.807) is 12.1 Å². The molecule has 0 radical (unpaired) electrons. The van der Waals surface area contributed by atoms with Gasteiger partial charge >= 0.3 is 0 Å². The highest BCUT2D eigenvalue weighted by Gasteiger charge is 2.08. The van der Waals surface area contributed by atoms with Gasteiger partial charge in [-0.3, -0.25) is 0 Å². The highest BCUT2D eigenvalue weighted by atomic mass is 79.9. The van der Waals surface area contributed by atoms with Crippen molar-refractivity contribution in [1.29, 1.82) is 0 Å². The van der Waals surface area contributed by atoms with E-state index in [1.165, 1.54) is 0 Å². The molecule has 0 bridgehead atoms. The summed E-state index contributed by atoms with van der Waals surface area (Å²) >= 11 is 0. The number of hydrogen-bond acceptors (Lipinski definition) is 3. The van der Waals surface area contributed by atoms with Crippen LogP contribution in [0.5, 0.6) is 11.5 Å². The van der Waals surface area contributed by atoms with Gasteiger partial charge in [-0.2, -0.15) is 0 Å². The van der Waals surface area contributed by atoms with Crippen LogP contribution >= 0.6 is 17.0 Å². The second-order valence-corrected chi connectivity index (χ2v) is 2.46. The van der Waals surface area contributed by atoms with Gasteiger partial charge in [-0.05, 0) is 12.1 Å². The molecule has 0 atom stereocenters. The zero-order valence-electron chi connectivity index (χ0n) is 6.41. The summed E-state index contributed by atoms with van der Waals surface area (Å²) in [6.07, 6.45) is 0. The molecule has 3 nitrogen and oxygen atoms in total. The fourth-order valence-corrected chi connectivity index (χ4v) is 1.12. The van der Waals surface area contributed by atoms with E-state index in [-0.39, 0.29) is 22.7 Å². The summed E-state index contributed by atoms with van der Waals surface area (Å²) in [5.74, 6) is 0.976. The Bertz CT molecular complexity index is 278. The second-order valence-electron chi connectivity index (χ2n) is 2.46. The van der Waals surface area contributed by atoms with Crippen LogP contribution in [0.3, 0.4) is 0 Å². The van der Waals surface area contributed by atoms with Crippen LogP contribution in [-0.4, -0.2) is 18.3 Å². The number of rotatable bonds is 0. The number of halogens is 1. The molecule has 2 N–H and O–H groups in total. The Hall–Kier alpha value is -0.900. The van der Waals surface area contributed by atoms with Crippen molar-refractivity contribution in [3.8, 4) is 11.5 Å². The summed E-state index contributed by atoms with van der Waals surface area (Å²) in [7, 11) is 0. The lowest BCUT2D eigenvalue weighted by Gasteiger charge is -2.18. The van der Waals surface area contributed by atoms with E-state index >= 15 is 0 Å². The van der Waals surface area contributed by atoms with E-state index < -0.39 is 0 Å². The average molecular weight is 232 g/mol. The molecule has 0 amide bonds. The summed E-state index contributed by atoms with van der Waals surface area (Å²) < 4.78 is 5.28. The van der Waals surface area contributed by atoms with Gasteiger partial charge in [-0.25, -0.2) is 0 Å². The fourth-order valence-electron chi connectivity index (χ4n) is 1.12. The first kappa shape index (κ1) is 9.19. The molecule has 0 fully saturated rings. The smallest absolute Gasteiger partial charge is 0.146 e. The Kier molecular flexibility index (Phi) is 2.81. The number of ether oxygens (including phenoxy) is 1. The van der Waals surface area contributed by atoms with Gasteiger partial charge in [0.25, 0.3) is 0 Å². The zero-order valence-corrected chi connectivity index (χ0v) is 8.12. The lowest BCUT2D eigenvalue weighted by Crippen LogP contribution is -2.17. The number of phenols is 1. The van der Waals surface area contributed by atoms with Crippen molar-refractivity contribution in [3.63, 3.8) is 0 Å². The molecule has 12 heavy (non-hydrogen) atoms. The van der Waals surface area contributed by atoms with E-state index in [2.05, 4.69) is 5.32 Å². The highest BCUT2D eigenvalue weighted by Crippen LogP contribution is 2.30. The van der Waals surface area contributed by atoms with Crippen LogP contribution in [0.15, 0.2) is 18.2 Å². The lowest BCUT2D eigenvalue weighted by atomic mass is 10.2. The topological polar surface area (TPSA) is 41.5 Å². The summed E-state index contributed by atoms with van der Waals surface area (Å²) in [4.78, 5) is 0. The molecule has 1 aromatic rings. The molecule has 0 unspecified atom stereocenters. The molecular weight excluding hydrogens is 222 g/mol. The minimum absolute atomic E-state index is 0. The van der Waals surface area contributed by atoms with Gasteiger partial charge in [-0.1, -0.05) is 0 Å². The van der Waals surface area contributed by atoms with Gasteiger partial charge in [-0.15, -0.1) is 17.0 Å². The first-order valence-electron chi connectivity index (χ1n) is 3.56. The average Bonchev–Trinajstić information content (AvgIpc) is 2.04. The Morgan fingerprint density at radius 3 is 3.08 bits per heavy atom. The number of phenolic OH excluding ortho intramolecular Hbond substituents is 1. The number of benzene rings is 1. The standard InChI is InChI=1S/C8H9NO2.BrH/c10-6-1-2-7-8(5-6)11-4-3-9-7;/h1-2,5,9-10H,3-4H2;1H. The van der Waals surface area contributed by atoms with Crippen molar-refractivity contribution < 1.29 is 9.84 Å². The van der Waals surface area contributed by atoms with Crippen molar-refractivity contribution in [2.75, 3.05) is 18.5 Å². The first-order chi connectivity index (χ1) is 5.36. The molecule has 1 heterocycles. The third-order valence-electron chi connectivity index (χ3n) is 1.64. The summed E-state index contributed by atoms with van der Waals surface area (Å²) in [5, 5.41) is 12.2. The third kappa shape index (κ3) is 1.64. The van der Waals surface area contributed by atoms with Crippen LogP contribution in [0.4, 0.5) is 5.69 Å². The Balaban J connectivity index is 0.000000720. The molecule has 4 heteroatoms. The van der Waals surface area contributed by atoms with Crippen molar-refractivity contribution in [2.45, 2.75) is 0 Å². The van der Waals surface area contributed by atoms with Gasteiger partial charge in [0.2, 0.25) is 0 Å². The summed E-state index contributed by atoms with van der Waals surface area (Å²) in [5.41, 5.74) is 0.953. The van der Waals surface area contributed by atoms with Crippen molar-refractivity contribution in [2.24, 2.45) is 0 Å². The molecule has 0 aliphatic carbocycles. The van der Waals surface area contributed by atoms with Gasteiger partial charge in [0.1, 0.15) is 18.1 Å². The second kappa shape index (κ2) is 3.67. The molecule has 1 aliphatic rings. The Morgan fingerprint density at radius 1 is 1.42 bits per heavy atom. The summed E-state index contributed by atoms with van der Waals surface area (Å²) in [6.45, 7) is 1.49. The van der Waals surface area contributed by atoms with E-state index in [4.69, 9.17) is 9.84 Å². The van der Waals surface area contributed by atoms with Gasteiger partial charge in [0.15, 0.2) is 0 Å². The van der Waals surface area contributed by atoms with Crippen LogP contribution in [0, 0.1) is 0 Å². The van der Waals surface area contributed by atoms with Crippen molar-refractivity contribution in [3.05, 3.63) is 18.2 Å². The number of hydrogen-bond donors (Lipinski definition) is 2. The van der Waals surface area contributed by atoms with Crippen LogP contribution in [0.25, 0.3) is 0 Å². The molecule has 0 aromatic heterocycles. The van der Waals surface area contributed by atoms with Gasteiger partial charge < -0.3 is 15.2 Å². The number of aromatic hydroxyl groups is 1. The lowest BCUT2D eigenvalue weighted by molar-refractivity contribution is 0.321. The SMILES string of the molecule is Br.Oc1ccc2c(c1)OCCN2. The quantitative estimate of drug-likeness (QED) is 0.670. The molecule has 1 aliphatic heterocycles. The Labute approximate surface area is 81.1 Å². The van der Waals surface area contributed by atoms with E-state index in [1.807, 2.05) is 6.07 Å². The Morgan fingerprint density at radius 2 is 2.25 bits per heavy atom. The van der Waals surface area contributed by atoms with E-state index in [9.17, 15) is 0 Å². The monoisotopic (exact) mass is 231 g/mol. The minimum atomic E-state index is 0. The fraction of sp³-hybridized carbons (Fsp3) is 0.250. The molecule has 2 rings (SSSR count). The van der Waals surface area contributed by atoms with E-state index in [0.29, 0.717) is 6.61 Å². The summed E-state index contributed by atoms with van der Waals surface area (Å²) in [6, 6.07) is 5.06. The number of nitrogens with one attached hydrogen (secondary N) is 1. The predicted molar refractivity (Wildman–Crippen MR) is 52.4 cm³/mol. The largest absolute Gasteiger partial charge is 0.508 e. The van der Waals surface area contributed by atoms with Gasteiger partial charge in [0, 0.05) is 12.6 Å². The third-order valence-corrected chi connectivity index (χ3v) is 1.64. The number of fused-ring (bicyclic) bond motifs is 1. The number of anilines is 1. The predicted octanol–water partition coefficient (Wildman–Crippen LogP) is 1.77. The van der Waals surface area contributed by atoms with E-state index in [0.717, 1.165) is 18.0 Å². The van der Waals surface area contributed by atoms with Crippen molar-refractivity contribution in [1.82, 2.24) is 0 Å². The molecule has 0 saturated carbocycles. The maximum Gasteiger partial charge on any atom is 0.146 e. The van der Waals surface area contributed by atoms with Gasteiger partial charge in [0.05, 0.1) is 5.69 Å². The molecule has 1 aromatic carbocycles. The molecule has 66 valence electrons. The maximum atomic E-state index is 9.08. The van der Waals surface area contributed by atoms with Crippen molar-refractivity contribution >= 4 is 22.7 Å². The van der Waals surface area contributed by atoms with Crippen LogP contribution in [0.2, 0.25) is 0 Å². The molecule has 0 saturated heterocycles. The minimum Gasteiger partial charge on any atom is -0.508 e. The zero-order chi connectivity index (χ0) is 7.68. The van der Waals surface area contributed by atoms with Crippen LogP contribution < -0.4 is 10.1 Å². The van der Waals surface area contributed by atoms with Crippen LogP contribution in [-0.2, 0) is 0 Å². The molecule has 0 spiro atoms. The van der Waals surface area contributed by atoms with Crippen LogP contribution in [0.1, 0.15) is 0 Å². The first-order valence-corrected chi connectivity index (χ1v) is 3.56.